The molecule has 0 atom stereocenters. The van der Waals surface area contributed by atoms with Crippen LogP contribution in [0.2, 0.25) is 0 Å². The third kappa shape index (κ3) is 3.37. The van der Waals surface area contributed by atoms with E-state index in [-0.39, 0.29) is 0 Å². The lowest BCUT2D eigenvalue weighted by molar-refractivity contribution is 0.449. The van der Waals surface area contributed by atoms with Crippen LogP contribution in [0, 0.1) is 0 Å². The van der Waals surface area contributed by atoms with Gasteiger partial charge in [-0.05, 0) is 6.07 Å². The van der Waals surface area contributed by atoms with Gasteiger partial charge in [0, 0.05) is 36.0 Å². The summed E-state index contributed by atoms with van der Waals surface area (Å²) in [6, 6.07) is 2.35. The maximum Gasteiger partial charge on any atom is 0.169 e. The Hall–Kier alpha value is -2.98. The Kier molecular flexibility index (Phi) is 4.50. The van der Waals surface area contributed by atoms with Crippen molar-refractivity contribution in [3.63, 3.8) is 0 Å². The zero-order valence-corrected chi connectivity index (χ0v) is 14.8. The van der Waals surface area contributed by atoms with Crippen molar-refractivity contribution in [3.8, 4) is 0 Å². The van der Waals surface area contributed by atoms with E-state index < -0.39 is 0 Å². The Morgan fingerprint density at radius 3 is 3.04 bits per heavy atom. The van der Waals surface area contributed by atoms with E-state index in [1.165, 1.54) is 6.20 Å². The SMILES string of the molecule is NC=C(C=NC1CNC1)c1cnc(N)c(NCc2cc3[nH]ncc3s2)n1. The molecule has 1 aliphatic rings. The number of hydrogen-bond donors (Lipinski definition) is 5. The summed E-state index contributed by atoms with van der Waals surface area (Å²) in [5.74, 6) is 0.866. The lowest BCUT2D eigenvalue weighted by Crippen LogP contribution is -2.45. The number of aliphatic imine (C=N–C) groups is 1. The summed E-state index contributed by atoms with van der Waals surface area (Å²) in [4.78, 5) is 14.4. The summed E-state index contributed by atoms with van der Waals surface area (Å²) in [7, 11) is 0. The van der Waals surface area contributed by atoms with Gasteiger partial charge in [0.05, 0.1) is 40.9 Å². The summed E-state index contributed by atoms with van der Waals surface area (Å²) in [5, 5.41) is 13.4. The highest BCUT2D eigenvalue weighted by molar-refractivity contribution is 7.19. The molecule has 0 spiro atoms. The van der Waals surface area contributed by atoms with E-state index in [1.54, 1.807) is 23.7 Å². The Bertz CT molecular complexity index is 939. The maximum atomic E-state index is 5.96. The second-order valence-corrected chi connectivity index (χ2v) is 7.08. The molecule has 10 heteroatoms. The zero-order valence-electron chi connectivity index (χ0n) is 13.9. The number of nitrogens with one attached hydrogen (secondary N) is 3. The second-order valence-electron chi connectivity index (χ2n) is 5.92. The quantitative estimate of drug-likeness (QED) is 0.407. The molecule has 7 N–H and O–H groups in total. The Balaban J connectivity index is 1.49. The number of nitrogens with zero attached hydrogens (tertiary/aromatic N) is 4. The first kappa shape index (κ1) is 16.5. The number of rotatable bonds is 6. The fourth-order valence-electron chi connectivity index (χ4n) is 2.49. The number of aromatic amines is 1. The van der Waals surface area contributed by atoms with E-state index in [2.05, 4.69) is 41.9 Å². The number of fused-ring (bicyclic) bond motifs is 1. The molecule has 26 heavy (non-hydrogen) atoms. The molecule has 0 aromatic carbocycles. The van der Waals surface area contributed by atoms with E-state index in [4.69, 9.17) is 11.5 Å². The van der Waals surface area contributed by atoms with E-state index in [0.717, 1.165) is 28.2 Å². The monoisotopic (exact) mass is 369 g/mol. The maximum absolute atomic E-state index is 5.96. The minimum absolute atomic E-state index is 0.294. The van der Waals surface area contributed by atoms with Gasteiger partial charge in [-0.2, -0.15) is 5.10 Å². The number of nitrogen functional groups attached to an aromatic ring is 1. The van der Waals surface area contributed by atoms with Crippen LogP contribution in [0.5, 0.6) is 0 Å². The standard InChI is InChI=1S/C16H19N9S/c17-2-9(3-20-10-4-19-5-10)13-7-21-15(18)16(24-13)22-6-11-1-12-14(26-11)8-23-25-12/h1-3,7-8,10,19H,4-6,17H2,(H2,18,21)(H,22,24)(H,23,25). The number of thiophene rings is 1. The zero-order chi connectivity index (χ0) is 17.9. The summed E-state index contributed by atoms with van der Waals surface area (Å²) in [6.07, 6.45) is 6.64. The van der Waals surface area contributed by atoms with Crippen molar-refractivity contribution in [1.29, 1.82) is 0 Å². The number of hydrogen-bond acceptors (Lipinski definition) is 9. The first-order chi connectivity index (χ1) is 12.7. The average Bonchev–Trinajstić information content (AvgIpc) is 3.18. The molecule has 1 saturated heterocycles. The second kappa shape index (κ2) is 7.10. The van der Waals surface area contributed by atoms with Gasteiger partial charge in [0.15, 0.2) is 11.6 Å². The van der Waals surface area contributed by atoms with Gasteiger partial charge in [-0.25, -0.2) is 9.97 Å². The fraction of sp³-hybridized carbons (Fsp3) is 0.250. The smallest absolute Gasteiger partial charge is 0.169 e. The third-order valence-corrected chi connectivity index (χ3v) is 5.14. The Labute approximate surface area is 153 Å². The van der Waals surface area contributed by atoms with Crippen molar-refractivity contribution < 1.29 is 0 Å². The largest absolute Gasteiger partial charge is 0.404 e. The summed E-state index contributed by atoms with van der Waals surface area (Å²) < 4.78 is 1.12. The predicted octanol–water partition coefficient (Wildman–Crippen LogP) is 0.951. The molecular formula is C16H19N9S. The molecule has 0 amide bonds. The van der Waals surface area contributed by atoms with Gasteiger partial charge in [0.25, 0.3) is 0 Å². The van der Waals surface area contributed by atoms with Gasteiger partial charge >= 0.3 is 0 Å². The average molecular weight is 369 g/mol. The summed E-state index contributed by atoms with van der Waals surface area (Å²) >= 11 is 1.66. The van der Waals surface area contributed by atoms with Gasteiger partial charge in [-0.3, -0.25) is 10.1 Å². The van der Waals surface area contributed by atoms with E-state index in [9.17, 15) is 0 Å². The molecule has 0 radical (unpaired) electrons. The number of anilines is 2. The van der Waals surface area contributed by atoms with E-state index >= 15 is 0 Å². The van der Waals surface area contributed by atoms with Crippen molar-refractivity contribution in [3.05, 3.63) is 35.2 Å². The third-order valence-electron chi connectivity index (χ3n) is 4.07. The van der Waals surface area contributed by atoms with Crippen molar-refractivity contribution in [2.24, 2.45) is 10.7 Å². The van der Waals surface area contributed by atoms with Crippen molar-refractivity contribution in [2.45, 2.75) is 12.6 Å². The molecule has 4 heterocycles. The van der Waals surface area contributed by atoms with Crippen LogP contribution in [0.4, 0.5) is 11.6 Å². The lowest BCUT2D eigenvalue weighted by Gasteiger charge is -2.22. The molecule has 134 valence electrons. The minimum Gasteiger partial charge on any atom is -0.404 e. The molecule has 3 aromatic rings. The summed E-state index contributed by atoms with van der Waals surface area (Å²) in [6.45, 7) is 2.37. The highest BCUT2D eigenvalue weighted by Crippen LogP contribution is 2.25. The van der Waals surface area contributed by atoms with Crippen molar-refractivity contribution >= 4 is 45.0 Å². The van der Waals surface area contributed by atoms with Gasteiger partial charge in [0.2, 0.25) is 0 Å². The first-order valence-corrected chi connectivity index (χ1v) is 8.99. The topological polar surface area (TPSA) is 143 Å². The molecule has 9 nitrogen and oxygen atoms in total. The summed E-state index contributed by atoms with van der Waals surface area (Å²) in [5.41, 5.74) is 14.1. The normalized spacial score (nSPS) is 15.6. The van der Waals surface area contributed by atoms with E-state index in [0.29, 0.717) is 35.5 Å². The number of allylic oxidation sites excluding steroid dienone is 1. The number of nitrogens with two attached hydrogens (primary N) is 2. The molecule has 1 aliphatic heterocycles. The van der Waals surface area contributed by atoms with Crippen LogP contribution in [-0.4, -0.2) is 45.5 Å². The van der Waals surface area contributed by atoms with Crippen LogP contribution >= 0.6 is 11.3 Å². The van der Waals surface area contributed by atoms with Crippen LogP contribution in [0.3, 0.4) is 0 Å². The van der Waals surface area contributed by atoms with Gasteiger partial charge in [0.1, 0.15) is 0 Å². The molecule has 0 saturated carbocycles. The highest BCUT2D eigenvalue weighted by Gasteiger charge is 2.14. The number of H-pyrrole nitrogens is 1. The minimum atomic E-state index is 0.294. The van der Waals surface area contributed by atoms with Crippen LogP contribution in [0.15, 0.2) is 29.7 Å². The van der Waals surface area contributed by atoms with Gasteiger partial charge in [-0.15, -0.1) is 11.3 Å². The lowest BCUT2D eigenvalue weighted by atomic mass is 10.2. The van der Waals surface area contributed by atoms with Gasteiger partial charge in [-0.1, -0.05) is 0 Å². The van der Waals surface area contributed by atoms with E-state index in [1.807, 2.05) is 6.20 Å². The molecular weight excluding hydrogens is 350 g/mol. The molecule has 0 unspecified atom stereocenters. The van der Waals surface area contributed by atoms with Crippen molar-refractivity contribution in [1.82, 2.24) is 25.5 Å². The fourth-order valence-corrected chi connectivity index (χ4v) is 3.41. The molecule has 1 fully saturated rings. The predicted molar refractivity (Wildman–Crippen MR) is 105 cm³/mol. The highest BCUT2D eigenvalue weighted by atomic mass is 32.1. The Morgan fingerprint density at radius 1 is 1.42 bits per heavy atom. The Morgan fingerprint density at radius 2 is 2.31 bits per heavy atom. The van der Waals surface area contributed by atoms with Gasteiger partial charge < -0.3 is 22.1 Å². The number of aromatic nitrogens is 4. The van der Waals surface area contributed by atoms with Crippen LogP contribution in [0.25, 0.3) is 15.8 Å². The van der Waals surface area contributed by atoms with Crippen LogP contribution < -0.4 is 22.1 Å². The van der Waals surface area contributed by atoms with Crippen LogP contribution in [0.1, 0.15) is 10.6 Å². The molecule has 0 bridgehead atoms. The van der Waals surface area contributed by atoms with Crippen LogP contribution in [-0.2, 0) is 6.54 Å². The van der Waals surface area contributed by atoms with Crippen molar-refractivity contribution in [2.75, 3.05) is 24.1 Å². The molecule has 4 rings (SSSR count). The molecule has 0 aliphatic carbocycles. The molecule has 3 aromatic heterocycles. The first-order valence-electron chi connectivity index (χ1n) is 8.17.